The Labute approximate surface area is 222 Å². The molecule has 1 amide bonds. The fourth-order valence-electron chi connectivity index (χ4n) is 9.80. The van der Waals surface area contributed by atoms with Crippen molar-refractivity contribution in [3.63, 3.8) is 0 Å². The van der Waals surface area contributed by atoms with Crippen LogP contribution in [-0.4, -0.2) is 52.0 Å². The van der Waals surface area contributed by atoms with Gasteiger partial charge in [0.25, 0.3) is 0 Å². The summed E-state index contributed by atoms with van der Waals surface area (Å²) in [6.45, 7) is 10.9. The average molecular weight is 517 g/mol. The number of ether oxygens (including phenoxy) is 1. The van der Waals surface area contributed by atoms with Gasteiger partial charge in [-0.05, 0) is 86.9 Å². The molecule has 0 aromatic carbocycles. The molecule has 5 N–H and O–H groups in total. The van der Waals surface area contributed by atoms with Gasteiger partial charge in [-0.15, -0.1) is 0 Å². The smallest absolute Gasteiger partial charge is 0.330 e. The van der Waals surface area contributed by atoms with Gasteiger partial charge in [-0.1, -0.05) is 40.7 Å². The molecule has 4 fully saturated rings. The zero-order valence-corrected chi connectivity index (χ0v) is 23.4. The molecule has 7 nitrogen and oxygen atoms in total. The lowest BCUT2D eigenvalue weighted by Gasteiger charge is -2.66. The number of carbonyl (C=O) groups is 2. The average Bonchev–Trinajstić information content (AvgIpc) is 3.13. The third-order valence-corrected chi connectivity index (χ3v) is 12.3. The van der Waals surface area contributed by atoms with Crippen LogP contribution in [0.4, 0.5) is 0 Å². The molecular formula is C30H48N2O5. The number of fused-ring (bicyclic) bond motifs is 5. The Morgan fingerprint density at radius 2 is 1.70 bits per heavy atom. The van der Waals surface area contributed by atoms with E-state index in [0.717, 1.165) is 44.9 Å². The minimum absolute atomic E-state index is 0.0679. The first kappa shape index (κ1) is 27.1. The van der Waals surface area contributed by atoms with E-state index in [-0.39, 0.29) is 57.8 Å². The van der Waals surface area contributed by atoms with Crippen molar-refractivity contribution in [2.45, 2.75) is 116 Å². The molecule has 1 heterocycles. The quantitative estimate of drug-likeness (QED) is 0.425. The summed E-state index contributed by atoms with van der Waals surface area (Å²) in [6, 6.07) is -0.607. The van der Waals surface area contributed by atoms with E-state index in [1.54, 1.807) is 6.08 Å². The molecule has 0 aromatic heterocycles. The first-order valence-corrected chi connectivity index (χ1v) is 14.6. The summed E-state index contributed by atoms with van der Waals surface area (Å²) in [6.07, 6.45) is 10.8. The maximum Gasteiger partial charge on any atom is 0.330 e. The van der Waals surface area contributed by atoms with E-state index in [4.69, 9.17) is 10.5 Å². The highest BCUT2D eigenvalue weighted by molar-refractivity contribution is 5.83. The van der Waals surface area contributed by atoms with Crippen molar-refractivity contribution in [3.05, 3.63) is 12.2 Å². The van der Waals surface area contributed by atoms with Crippen LogP contribution in [0, 0.1) is 39.9 Å². The van der Waals surface area contributed by atoms with Crippen molar-refractivity contribution in [2.75, 3.05) is 6.61 Å². The lowest BCUT2D eigenvalue weighted by molar-refractivity contribution is -0.253. The van der Waals surface area contributed by atoms with E-state index < -0.39 is 17.2 Å². The molecule has 5 rings (SSSR count). The SMILES string of the molecule is CC(C)[C@@H](N)C(=O)N[C@H]1CC[C@]2(C)[C@H]3CC[C@]4(C)[C@@H](C5(C)C=CC(=O)OC5)CC[C@]4(O)[C@@H]3CC[C@]2(O)C1. The van der Waals surface area contributed by atoms with E-state index in [1.807, 2.05) is 19.9 Å². The maximum absolute atomic E-state index is 12.6. The van der Waals surface area contributed by atoms with Gasteiger partial charge in [-0.25, -0.2) is 4.79 Å². The van der Waals surface area contributed by atoms with Crippen molar-refractivity contribution in [1.82, 2.24) is 5.32 Å². The fraction of sp³-hybridized carbons (Fsp3) is 0.867. The standard InChI is InChI=1S/C30H48N2O5/c1-18(2)24(31)25(34)32-19-6-12-27(4)20-7-13-28(5)22(26(3)11-10-23(33)37-17-26)9-15-30(28,36)21(20)8-14-29(27,35)16-19/h10-11,18-22,24,35-36H,6-9,12-17,31H2,1-5H3,(H,32,34)/t19-,20-,21+,22+,24+,26?,27+,28+,29-,30-/m0/s1. The van der Waals surface area contributed by atoms with E-state index in [2.05, 4.69) is 26.1 Å². The van der Waals surface area contributed by atoms with Crippen LogP contribution in [0.15, 0.2) is 12.2 Å². The Morgan fingerprint density at radius 1 is 1.03 bits per heavy atom. The summed E-state index contributed by atoms with van der Waals surface area (Å²) >= 11 is 0. The van der Waals surface area contributed by atoms with E-state index in [1.165, 1.54) is 0 Å². The second-order valence-electron chi connectivity index (χ2n) is 14.3. The minimum atomic E-state index is -0.860. The number of nitrogens with two attached hydrogens (primary N) is 1. The second kappa shape index (κ2) is 8.79. The van der Waals surface area contributed by atoms with Crippen molar-refractivity contribution >= 4 is 11.9 Å². The molecule has 0 radical (unpaired) electrons. The van der Waals surface area contributed by atoms with Gasteiger partial charge in [0.05, 0.1) is 17.2 Å². The number of hydrogen-bond donors (Lipinski definition) is 4. The fourth-order valence-corrected chi connectivity index (χ4v) is 9.80. The van der Waals surface area contributed by atoms with Gasteiger partial charge in [-0.3, -0.25) is 4.79 Å². The topological polar surface area (TPSA) is 122 Å². The summed E-state index contributed by atoms with van der Waals surface area (Å²) < 4.78 is 5.46. The van der Waals surface area contributed by atoms with Crippen LogP contribution >= 0.6 is 0 Å². The molecule has 0 saturated heterocycles. The van der Waals surface area contributed by atoms with Gasteiger partial charge in [0, 0.05) is 22.9 Å². The van der Waals surface area contributed by atoms with Crippen molar-refractivity contribution in [3.8, 4) is 0 Å². The molecule has 1 unspecified atom stereocenters. The van der Waals surface area contributed by atoms with E-state index in [0.29, 0.717) is 19.4 Å². The summed E-state index contributed by atoms with van der Waals surface area (Å²) in [5.74, 6) is 0.276. The van der Waals surface area contributed by atoms with Crippen molar-refractivity contribution in [1.29, 1.82) is 0 Å². The van der Waals surface area contributed by atoms with Gasteiger partial charge in [0.1, 0.15) is 6.61 Å². The van der Waals surface area contributed by atoms with Crippen molar-refractivity contribution < 1.29 is 24.5 Å². The molecule has 5 aliphatic rings. The highest BCUT2D eigenvalue weighted by Gasteiger charge is 2.71. The first-order chi connectivity index (χ1) is 17.2. The molecule has 7 heteroatoms. The third-order valence-electron chi connectivity index (χ3n) is 12.3. The van der Waals surface area contributed by atoms with Gasteiger partial charge in [0.2, 0.25) is 5.91 Å². The number of esters is 1. The molecule has 4 aliphatic carbocycles. The van der Waals surface area contributed by atoms with Gasteiger partial charge in [0.15, 0.2) is 0 Å². The highest BCUT2D eigenvalue weighted by atomic mass is 16.5. The molecule has 10 atom stereocenters. The largest absolute Gasteiger partial charge is 0.462 e. The van der Waals surface area contributed by atoms with Crippen LogP contribution in [0.25, 0.3) is 0 Å². The van der Waals surface area contributed by atoms with Crippen LogP contribution in [-0.2, 0) is 14.3 Å². The van der Waals surface area contributed by atoms with Crippen LogP contribution in [0.2, 0.25) is 0 Å². The zero-order chi connectivity index (χ0) is 27.0. The summed E-state index contributed by atoms with van der Waals surface area (Å²) in [5, 5.41) is 27.8. The predicted molar refractivity (Wildman–Crippen MR) is 141 cm³/mol. The Bertz CT molecular complexity index is 983. The molecule has 208 valence electrons. The lowest BCUT2D eigenvalue weighted by Crippen LogP contribution is -2.68. The van der Waals surface area contributed by atoms with E-state index in [9.17, 15) is 19.8 Å². The monoisotopic (exact) mass is 516 g/mol. The Morgan fingerprint density at radius 3 is 2.35 bits per heavy atom. The number of hydrogen-bond acceptors (Lipinski definition) is 6. The van der Waals surface area contributed by atoms with Gasteiger partial charge >= 0.3 is 5.97 Å². The first-order valence-electron chi connectivity index (χ1n) is 14.6. The van der Waals surface area contributed by atoms with Crippen LogP contribution in [0.1, 0.15) is 92.4 Å². The van der Waals surface area contributed by atoms with E-state index >= 15 is 0 Å². The molecular weight excluding hydrogens is 468 g/mol. The van der Waals surface area contributed by atoms with Crippen LogP contribution < -0.4 is 11.1 Å². The maximum atomic E-state index is 12.6. The Hall–Kier alpha value is -1.44. The molecule has 0 spiro atoms. The highest BCUT2D eigenvalue weighted by Crippen LogP contribution is 2.71. The molecule has 0 bridgehead atoms. The Balaban J connectivity index is 1.36. The number of aliphatic hydroxyl groups is 2. The number of carbonyl (C=O) groups excluding carboxylic acids is 2. The normalized spacial score (nSPS) is 50.0. The van der Waals surface area contributed by atoms with Gasteiger partial charge in [-0.2, -0.15) is 0 Å². The molecule has 4 saturated carbocycles. The number of rotatable bonds is 4. The third kappa shape index (κ3) is 3.85. The zero-order valence-electron chi connectivity index (χ0n) is 23.4. The molecule has 37 heavy (non-hydrogen) atoms. The Kier molecular flexibility index (Phi) is 6.44. The minimum Gasteiger partial charge on any atom is -0.462 e. The van der Waals surface area contributed by atoms with Crippen LogP contribution in [0.3, 0.4) is 0 Å². The number of amides is 1. The predicted octanol–water partition coefficient (Wildman–Crippen LogP) is 3.46. The number of nitrogens with one attached hydrogen (secondary N) is 1. The summed E-state index contributed by atoms with van der Waals surface area (Å²) in [4.78, 5) is 24.4. The summed E-state index contributed by atoms with van der Waals surface area (Å²) in [5.41, 5.74) is 3.60. The van der Waals surface area contributed by atoms with Crippen LogP contribution in [0.5, 0.6) is 0 Å². The van der Waals surface area contributed by atoms with Crippen molar-refractivity contribution in [2.24, 2.45) is 45.7 Å². The second-order valence-corrected chi connectivity index (χ2v) is 14.3. The molecule has 1 aliphatic heterocycles. The van der Waals surface area contributed by atoms with Gasteiger partial charge < -0.3 is 26.0 Å². The summed E-state index contributed by atoms with van der Waals surface area (Å²) in [7, 11) is 0. The molecule has 0 aromatic rings. The number of cyclic esters (lactones) is 1. The lowest BCUT2D eigenvalue weighted by atomic mass is 9.41.